The summed E-state index contributed by atoms with van der Waals surface area (Å²) in [7, 11) is 3.64. The Labute approximate surface area is 132 Å². The number of carbonyl (C=O) groups excluding carboxylic acids is 1. The second-order valence-electron chi connectivity index (χ2n) is 5.13. The molecule has 22 heavy (non-hydrogen) atoms. The fraction of sp³-hybridized carbons (Fsp3) is 0.267. The van der Waals surface area contributed by atoms with Gasteiger partial charge in [-0.1, -0.05) is 23.7 Å². The van der Waals surface area contributed by atoms with Gasteiger partial charge in [0.2, 0.25) is 0 Å². The molecular weight excluding hydrogens is 302 g/mol. The van der Waals surface area contributed by atoms with Gasteiger partial charge in [0, 0.05) is 14.1 Å². The Morgan fingerprint density at radius 1 is 1.32 bits per heavy atom. The summed E-state index contributed by atoms with van der Waals surface area (Å²) in [5, 5.41) is 7.33. The number of hydrogen-bond donors (Lipinski definition) is 1. The number of aromatic nitrogens is 4. The lowest BCUT2D eigenvalue weighted by atomic mass is 10.2. The molecule has 0 fully saturated rings. The van der Waals surface area contributed by atoms with E-state index >= 15 is 0 Å². The van der Waals surface area contributed by atoms with Crippen molar-refractivity contribution in [1.29, 1.82) is 0 Å². The molecule has 0 aliphatic carbocycles. The van der Waals surface area contributed by atoms with Gasteiger partial charge < -0.3 is 9.88 Å². The number of imidazole rings is 1. The summed E-state index contributed by atoms with van der Waals surface area (Å²) >= 11 is 6.10. The molecule has 0 saturated heterocycles. The fourth-order valence-electron chi connectivity index (χ4n) is 2.49. The van der Waals surface area contributed by atoms with E-state index in [0.29, 0.717) is 23.0 Å². The monoisotopic (exact) mass is 317 g/mol. The van der Waals surface area contributed by atoms with Crippen LogP contribution in [-0.4, -0.2) is 25.2 Å². The summed E-state index contributed by atoms with van der Waals surface area (Å²) in [6, 6.07) is 7.85. The van der Waals surface area contributed by atoms with Crippen molar-refractivity contribution >= 4 is 28.5 Å². The standard InChI is InChI=1S/C15H16ClN5O/c1-9-13(14(16)21(3)19-9)15(22)17-8-12-18-10-6-4-5-7-11(10)20(12)2/h4-7H,8H2,1-3H3,(H,17,22). The lowest BCUT2D eigenvalue weighted by Crippen LogP contribution is -2.25. The average molecular weight is 318 g/mol. The number of halogens is 1. The zero-order valence-electron chi connectivity index (χ0n) is 12.6. The number of para-hydroxylation sites is 2. The molecule has 2 heterocycles. The molecule has 0 bridgehead atoms. The number of nitrogens with zero attached hydrogens (tertiary/aromatic N) is 4. The molecule has 6 nitrogen and oxygen atoms in total. The van der Waals surface area contributed by atoms with Gasteiger partial charge in [-0.2, -0.15) is 5.10 Å². The lowest BCUT2D eigenvalue weighted by Gasteiger charge is -2.05. The smallest absolute Gasteiger partial charge is 0.256 e. The van der Waals surface area contributed by atoms with E-state index in [1.54, 1.807) is 14.0 Å². The topological polar surface area (TPSA) is 64.7 Å². The number of amides is 1. The van der Waals surface area contributed by atoms with Crippen LogP contribution in [0.25, 0.3) is 11.0 Å². The number of rotatable bonds is 3. The van der Waals surface area contributed by atoms with E-state index in [9.17, 15) is 4.79 Å². The number of hydrogen-bond acceptors (Lipinski definition) is 3. The molecule has 0 aliphatic heterocycles. The number of fused-ring (bicyclic) bond motifs is 1. The predicted octanol–water partition coefficient (Wildman–Crippen LogP) is 2.20. The van der Waals surface area contributed by atoms with Crippen molar-refractivity contribution in [1.82, 2.24) is 24.6 Å². The molecule has 2 aromatic heterocycles. The van der Waals surface area contributed by atoms with Crippen molar-refractivity contribution < 1.29 is 4.79 Å². The van der Waals surface area contributed by atoms with Gasteiger partial charge in [-0.25, -0.2) is 4.98 Å². The van der Waals surface area contributed by atoms with Crippen LogP contribution in [0.3, 0.4) is 0 Å². The summed E-state index contributed by atoms with van der Waals surface area (Å²) in [6.07, 6.45) is 0. The molecule has 114 valence electrons. The molecule has 0 spiro atoms. The molecule has 3 rings (SSSR count). The minimum atomic E-state index is -0.248. The van der Waals surface area contributed by atoms with Gasteiger partial charge in [-0.05, 0) is 19.1 Å². The van der Waals surface area contributed by atoms with Gasteiger partial charge in [0.15, 0.2) is 0 Å². The Hall–Kier alpha value is -2.34. The third kappa shape index (κ3) is 2.35. The normalized spacial score (nSPS) is 11.1. The molecule has 0 aliphatic rings. The maximum Gasteiger partial charge on any atom is 0.256 e. The first-order chi connectivity index (χ1) is 10.5. The van der Waals surface area contributed by atoms with E-state index in [4.69, 9.17) is 11.6 Å². The van der Waals surface area contributed by atoms with Crippen molar-refractivity contribution in [2.45, 2.75) is 13.5 Å². The predicted molar refractivity (Wildman–Crippen MR) is 84.8 cm³/mol. The van der Waals surface area contributed by atoms with Crippen molar-refractivity contribution in [2.75, 3.05) is 0 Å². The zero-order valence-corrected chi connectivity index (χ0v) is 13.3. The molecule has 0 atom stereocenters. The Balaban J connectivity index is 1.82. The third-order valence-corrected chi connectivity index (χ3v) is 4.10. The number of benzene rings is 1. The van der Waals surface area contributed by atoms with Crippen LogP contribution in [0.5, 0.6) is 0 Å². The highest BCUT2D eigenvalue weighted by Crippen LogP contribution is 2.19. The first-order valence-corrected chi connectivity index (χ1v) is 7.24. The Morgan fingerprint density at radius 2 is 2.05 bits per heavy atom. The molecule has 7 heteroatoms. The Morgan fingerprint density at radius 3 is 2.68 bits per heavy atom. The maximum absolute atomic E-state index is 12.3. The molecule has 1 aromatic carbocycles. The SMILES string of the molecule is Cc1nn(C)c(Cl)c1C(=O)NCc1nc2ccccc2n1C. The van der Waals surface area contributed by atoms with Crippen LogP contribution in [0.15, 0.2) is 24.3 Å². The van der Waals surface area contributed by atoms with E-state index in [0.717, 1.165) is 16.9 Å². The lowest BCUT2D eigenvalue weighted by molar-refractivity contribution is 0.0949. The zero-order chi connectivity index (χ0) is 15.9. The minimum Gasteiger partial charge on any atom is -0.345 e. The first kappa shape index (κ1) is 14.6. The molecule has 0 unspecified atom stereocenters. The molecule has 3 aromatic rings. The second-order valence-corrected chi connectivity index (χ2v) is 5.49. The summed E-state index contributed by atoms with van der Waals surface area (Å²) in [4.78, 5) is 16.8. The average Bonchev–Trinajstić information content (AvgIpc) is 2.94. The van der Waals surface area contributed by atoms with E-state index < -0.39 is 0 Å². The molecule has 0 saturated carbocycles. The van der Waals surface area contributed by atoms with Gasteiger partial charge in [-0.15, -0.1) is 0 Å². The van der Waals surface area contributed by atoms with E-state index in [-0.39, 0.29) is 5.91 Å². The van der Waals surface area contributed by atoms with Gasteiger partial charge in [0.25, 0.3) is 5.91 Å². The quantitative estimate of drug-likeness (QED) is 0.805. The van der Waals surface area contributed by atoms with Crippen LogP contribution in [-0.2, 0) is 20.6 Å². The number of carbonyl (C=O) groups is 1. The summed E-state index contributed by atoms with van der Waals surface area (Å²) in [5.74, 6) is 0.537. The molecule has 1 N–H and O–H groups in total. The highest BCUT2D eigenvalue weighted by molar-refractivity contribution is 6.33. The van der Waals surface area contributed by atoms with Crippen LogP contribution in [0.4, 0.5) is 0 Å². The van der Waals surface area contributed by atoms with E-state index in [2.05, 4.69) is 15.4 Å². The van der Waals surface area contributed by atoms with Crippen LogP contribution in [0.2, 0.25) is 5.15 Å². The van der Waals surface area contributed by atoms with Crippen molar-refractivity contribution in [3.8, 4) is 0 Å². The third-order valence-electron chi connectivity index (χ3n) is 3.67. The second kappa shape index (κ2) is 5.46. The van der Waals surface area contributed by atoms with Gasteiger partial charge in [-0.3, -0.25) is 9.48 Å². The summed E-state index contributed by atoms with van der Waals surface area (Å²) in [6.45, 7) is 2.09. The maximum atomic E-state index is 12.3. The highest BCUT2D eigenvalue weighted by atomic mass is 35.5. The molecule has 0 radical (unpaired) electrons. The minimum absolute atomic E-state index is 0.248. The van der Waals surface area contributed by atoms with Gasteiger partial charge in [0.05, 0.1) is 28.8 Å². The van der Waals surface area contributed by atoms with Crippen LogP contribution in [0.1, 0.15) is 21.9 Å². The number of aryl methyl sites for hydroxylation is 3. The number of nitrogens with one attached hydrogen (secondary N) is 1. The van der Waals surface area contributed by atoms with E-state index in [1.165, 1.54) is 4.68 Å². The summed E-state index contributed by atoms with van der Waals surface area (Å²) < 4.78 is 3.45. The van der Waals surface area contributed by atoms with E-state index in [1.807, 2.05) is 35.9 Å². The Bertz CT molecular complexity index is 864. The molecule has 1 amide bonds. The van der Waals surface area contributed by atoms with Crippen LogP contribution in [0, 0.1) is 6.92 Å². The van der Waals surface area contributed by atoms with Crippen LogP contribution >= 0.6 is 11.6 Å². The largest absolute Gasteiger partial charge is 0.345 e. The van der Waals surface area contributed by atoms with Crippen molar-refractivity contribution in [3.63, 3.8) is 0 Å². The summed E-state index contributed by atoms with van der Waals surface area (Å²) in [5.41, 5.74) is 2.95. The first-order valence-electron chi connectivity index (χ1n) is 6.86. The van der Waals surface area contributed by atoms with Crippen LogP contribution < -0.4 is 5.32 Å². The Kier molecular flexibility index (Phi) is 3.62. The van der Waals surface area contributed by atoms with Crippen molar-refractivity contribution in [2.24, 2.45) is 14.1 Å². The fourth-order valence-corrected chi connectivity index (χ4v) is 2.75. The van der Waals surface area contributed by atoms with Gasteiger partial charge in [0.1, 0.15) is 11.0 Å². The molecular formula is C15H16ClN5O. The van der Waals surface area contributed by atoms with Gasteiger partial charge >= 0.3 is 0 Å². The van der Waals surface area contributed by atoms with Crippen molar-refractivity contribution in [3.05, 3.63) is 46.5 Å². The highest BCUT2D eigenvalue weighted by Gasteiger charge is 2.19.